The number of amides is 2. The molecule has 0 aromatic rings. The van der Waals surface area contributed by atoms with Crippen molar-refractivity contribution >= 4 is 17.6 Å². The summed E-state index contributed by atoms with van der Waals surface area (Å²) in [4.78, 5) is 43.6. The number of aliphatic hydroxyl groups is 1. The van der Waals surface area contributed by atoms with Gasteiger partial charge in [0.15, 0.2) is 11.6 Å². The Morgan fingerprint density at radius 3 is 2.28 bits per heavy atom. The lowest BCUT2D eigenvalue weighted by Gasteiger charge is -2.69. The fraction of sp³-hybridized carbons (Fsp3) is 0.778. The smallest absolute Gasteiger partial charge is 0.317 e. The topological polar surface area (TPSA) is 110 Å². The largest absolute Gasteiger partial charge is 0.393 e. The molecule has 1 heterocycles. The Morgan fingerprint density at radius 1 is 0.977 bits per heavy atom. The monoisotopic (exact) mass is 589 g/mol. The number of ketones is 2. The van der Waals surface area contributed by atoms with Crippen LogP contribution in [0.25, 0.3) is 0 Å². The Balaban J connectivity index is 1.43. The van der Waals surface area contributed by atoms with Crippen LogP contribution < -0.4 is 5.32 Å². The van der Waals surface area contributed by atoms with Crippen LogP contribution in [0.2, 0.25) is 0 Å². The molecule has 7 heteroatoms. The maximum atomic E-state index is 14.7. The Labute approximate surface area is 257 Å². The summed E-state index contributed by atoms with van der Waals surface area (Å²) >= 11 is 0. The van der Waals surface area contributed by atoms with Crippen LogP contribution in [0.5, 0.6) is 0 Å². The SMILES string of the molecule is CC1(C)CCC2(NC(=O)N3CCC(O)CC3)CCC3(C)C(C(=O)C=C4C5(C)C=C(C#N)C(=O)C(C)(C)C5CCC43C)C2C1. The van der Waals surface area contributed by atoms with Gasteiger partial charge in [0, 0.05) is 35.4 Å². The first-order valence-corrected chi connectivity index (χ1v) is 16.6. The lowest BCUT2D eigenvalue weighted by atomic mass is 9.35. The van der Waals surface area contributed by atoms with E-state index in [0.717, 1.165) is 50.5 Å². The predicted molar refractivity (Wildman–Crippen MR) is 165 cm³/mol. The molecule has 7 nitrogen and oxygen atoms in total. The highest BCUT2D eigenvalue weighted by molar-refractivity contribution is 6.04. The van der Waals surface area contributed by atoms with Gasteiger partial charge in [-0.25, -0.2) is 4.79 Å². The Kier molecular flexibility index (Phi) is 6.77. The normalized spacial score (nSPS) is 43.6. The number of hydrogen-bond acceptors (Lipinski definition) is 5. The number of likely N-dealkylation sites (tertiary alicyclic amines) is 1. The third-order valence-electron chi connectivity index (χ3n) is 14.0. The quantitative estimate of drug-likeness (QED) is 0.383. The lowest BCUT2D eigenvalue weighted by Crippen LogP contribution is -2.70. The molecule has 0 aromatic heterocycles. The van der Waals surface area contributed by atoms with Gasteiger partial charge in [-0.1, -0.05) is 60.1 Å². The van der Waals surface area contributed by atoms with Crippen LogP contribution in [-0.2, 0) is 9.59 Å². The van der Waals surface area contributed by atoms with Crippen molar-refractivity contribution < 1.29 is 19.5 Å². The first kappa shape index (κ1) is 30.6. The summed E-state index contributed by atoms with van der Waals surface area (Å²) in [6.45, 7) is 16.5. The molecule has 234 valence electrons. The van der Waals surface area contributed by atoms with E-state index in [-0.39, 0.29) is 63.3 Å². The van der Waals surface area contributed by atoms with Gasteiger partial charge in [-0.15, -0.1) is 0 Å². The molecule has 0 bridgehead atoms. The highest BCUT2D eigenvalue weighted by Gasteiger charge is 2.70. The molecule has 4 fully saturated rings. The molecule has 2 N–H and O–H groups in total. The first-order chi connectivity index (χ1) is 19.9. The molecule has 0 spiro atoms. The maximum absolute atomic E-state index is 14.7. The van der Waals surface area contributed by atoms with Gasteiger partial charge in [-0.2, -0.15) is 5.26 Å². The number of nitriles is 1. The number of hydrogen-bond donors (Lipinski definition) is 2. The maximum Gasteiger partial charge on any atom is 0.317 e. The third kappa shape index (κ3) is 4.17. The average molecular weight is 590 g/mol. The van der Waals surface area contributed by atoms with Gasteiger partial charge < -0.3 is 15.3 Å². The van der Waals surface area contributed by atoms with Gasteiger partial charge in [-0.3, -0.25) is 9.59 Å². The van der Waals surface area contributed by atoms with Crippen molar-refractivity contribution in [3.8, 4) is 6.07 Å². The number of urea groups is 1. The summed E-state index contributed by atoms with van der Waals surface area (Å²) in [7, 11) is 0. The number of aliphatic hydroxyl groups excluding tert-OH is 1. The van der Waals surface area contributed by atoms with Crippen molar-refractivity contribution in [1.82, 2.24) is 10.2 Å². The average Bonchev–Trinajstić information content (AvgIpc) is 2.93. The summed E-state index contributed by atoms with van der Waals surface area (Å²) in [5.41, 5.74) is -0.850. The number of carbonyl (C=O) groups is 3. The van der Waals surface area contributed by atoms with Crippen molar-refractivity contribution in [2.75, 3.05) is 13.1 Å². The Hall–Kier alpha value is -2.46. The van der Waals surface area contributed by atoms with E-state index >= 15 is 0 Å². The molecule has 1 saturated heterocycles. The Bertz CT molecular complexity index is 1360. The number of carbonyl (C=O) groups excluding carboxylic acids is 3. The summed E-state index contributed by atoms with van der Waals surface area (Å²) in [6.07, 6.45) is 10.9. The molecule has 0 radical (unpaired) electrons. The number of piperidine rings is 1. The van der Waals surface area contributed by atoms with Gasteiger partial charge in [-0.05, 0) is 91.9 Å². The van der Waals surface area contributed by atoms with Gasteiger partial charge in [0.1, 0.15) is 6.07 Å². The molecular weight excluding hydrogens is 538 g/mol. The fourth-order valence-electron chi connectivity index (χ4n) is 11.2. The number of fused-ring (bicyclic) bond motifs is 7. The van der Waals surface area contributed by atoms with Crippen molar-refractivity contribution in [2.24, 2.45) is 44.8 Å². The first-order valence-electron chi connectivity index (χ1n) is 16.6. The van der Waals surface area contributed by atoms with Crippen LogP contribution in [0, 0.1) is 56.2 Å². The van der Waals surface area contributed by atoms with E-state index in [1.165, 1.54) is 0 Å². The Morgan fingerprint density at radius 2 is 1.63 bits per heavy atom. The number of allylic oxidation sites excluding steroid dienone is 4. The van der Waals surface area contributed by atoms with Crippen LogP contribution in [0.3, 0.4) is 0 Å². The molecule has 0 aromatic carbocycles. The molecular formula is C36H51N3O4. The van der Waals surface area contributed by atoms with Crippen molar-refractivity contribution in [3.63, 3.8) is 0 Å². The molecule has 5 aliphatic carbocycles. The highest BCUT2D eigenvalue weighted by Crippen LogP contribution is 2.73. The van der Waals surface area contributed by atoms with Crippen LogP contribution in [0.4, 0.5) is 4.79 Å². The van der Waals surface area contributed by atoms with Crippen LogP contribution in [0.15, 0.2) is 23.3 Å². The summed E-state index contributed by atoms with van der Waals surface area (Å²) < 4.78 is 0. The van der Waals surface area contributed by atoms with Gasteiger partial charge in [0.25, 0.3) is 0 Å². The predicted octanol–water partition coefficient (Wildman–Crippen LogP) is 6.12. The second-order valence-corrected chi connectivity index (χ2v) is 17.1. The minimum Gasteiger partial charge on any atom is -0.393 e. The number of Topliss-reactive ketones (excluding diaryl/α,β-unsaturated/α-hetero) is 1. The molecule has 3 saturated carbocycles. The van der Waals surface area contributed by atoms with Crippen molar-refractivity contribution in [3.05, 3.63) is 23.3 Å². The number of nitrogens with zero attached hydrogens (tertiary/aromatic N) is 2. The standard InChI is InChI=1S/C36H51N3O4/c1-31(2)12-14-36(38-30(43)39-16-9-23(40)10-17-39)15-13-35(7)28(24(36)20-31)25(41)18-27-33(5)19-22(21-37)29(42)32(3,4)26(33)8-11-34(27,35)6/h18-19,23-24,26,28,40H,8-17,20H2,1-7H3,(H,38,43). The minimum absolute atomic E-state index is 0.0236. The minimum atomic E-state index is -0.679. The van der Waals surface area contributed by atoms with E-state index in [9.17, 15) is 24.8 Å². The molecule has 1 aliphatic heterocycles. The van der Waals surface area contributed by atoms with E-state index < -0.39 is 16.4 Å². The highest BCUT2D eigenvalue weighted by atomic mass is 16.3. The van der Waals surface area contributed by atoms with E-state index in [2.05, 4.69) is 46.0 Å². The number of nitrogens with one attached hydrogen (secondary N) is 1. The van der Waals surface area contributed by atoms with Crippen molar-refractivity contribution in [2.45, 2.75) is 118 Å². The molecule has 6 rings (SSSR count). The van der Waals surface area contributed by atoms with E-state index in [4.69, 9.17) is 0 Å². The lowest BCUT2D eigenvalue weighted by molar-refractivity contribution is -0.160. The second-order valence-electron chi connectivity index (χ2n) is 17.1. The number of rotatable bonds is 1. The van der Waals surface area contributed by atoms with E-state index in [1.807, 2.05) is 30.9 Å². The molecule has 2 amide bonds. The zero-order valence-corrected chi connectivity index (χ0v) is 27.3. The summed E-state index contributed by atoms with van der Waals surface area (Å²) in [6, 6.07) is 2.14. The van der Waals surface area contributed by atoms with Crippen LogP contribution >= 0.6 is 0 Å². The van der Waals surface area contributed by atoms with Crippen LogP contribution in [-0.4, -0.2) is 52.3 Å². The van der Waals surface area contributed by atoms with E-state index in [0.29, 0.717) is 25.9 Å². The molecule has 43 heavy (non-hydrogen) atoms. The van der Waals surface area contributed by atoms with Gasteiger partial charge in [0.05, 0.1) is 11.7 Å². The molecule has 6 aliphatic rings. The van der Waals surface area contributed by atoms with E-state index in [1.54, 1.807) is 0 Å². The summed E-state index contributed by atoms with van der Waals surface area (Å²) in [5.74, 6) is -0.0951. The van der Waals surface area contributed by atoms with Crippen LogP contribution in [0.1, 0.15) is 106 Å². The summed E-state index contributed by atoms with van der Waals surface area (Å²) in [5, 5.41) is 23.5. The van der Waals surface area contributed by atoms with Gasteiger partial charge in [0.2, 0.25) is 0 Å². The zero-order chi connectivity index (χ0) is 31.4. The fourth-order valence-corrected chi connectivity index (χ4v) is 11.2. The zero-order valence-electron chi connectivity index (χ0n) is 27.3. The van der Waals surface area contributed by atoms with Crippen molar-refractivity contribution in [1.29, 1.82) is 5.26 Å². The van der Waals surface area contributed by atoms with Gasteiger partial charge >= 0.3 is 6.03 Å². The third-order valence-corrected chi connectivity index (χ3v) is 14.0. The second kappa shape index (κ2) is 9.52. The molecule has 7 unspecified atom stereocenters. The molecule has 7 atom stereocenters.